The summed E-state index contributed by atoms with van der Waals surface area (Å²) in [7, 11) is -0.492. The monoisotopic (exact) mass is 553 g/mol. The minimum Gasteiger partial charge on any atom is -0.484 e. The molecule has 0 saturated carbocycles. The number of fused-ring (bicyclic) bond motifs is 1. The van der Waals surface area contributed by atoms with E-state index in [2.05, 4.69) is 25.7 Å². The van der Waals surface area contributed by atoms with Gasteiger partial charge < -0.3 is 24.8 Å². The van der Waals surface area contributed by atoms with Crippen molar-refractivity contribution in [2.75, 3.05) is 25.6 Å². The maximum atomic E-state index is 14.6. The van der Waals surface area contributed by atoms with Crippen LogP contribution in [0.5, 0.6) is 11.6 Å². The van der Waals surface area contributed by atoms with Crippen LogP contribution in [0.25, 0.3) is 16.9 Å². The van der Waals surface area contributed by atoms with Gasteiger partial charge in [0.25, 0.3) is 5.91 Å². The molecule has 0 unspecified atom stereocenters. The lowest BCUT2D eigenvalue weighted by Crippen LogP contribution is -2.25. The second-order valence-electron chi connectivity index (χ2n) is 9.11. The number of benzene rings is 1. The number of imidazole rings is 1. The predicted molar refractivity (Wildman–Crippen MR) is 139 cm³/mol. The first-order chi connectivity index (χ1) is 19.7. The van der Waals surface area contributed by atoms with Gasteiger partial charge in [0.2, 0.25) is 11.8 Å². The fourth-order valence-electron chi connectivity index (χ4n) is 4.30. The molecule has 1 atom stereocenters. The fourth-order valence-corrected chi connectivity index (χ4v) is 4.30. The van der Waals surface area contributed by atoms with Gasteiger partial charge in [0.15, 0.2) is 23.0 Å². The Labute approximate surface area is 228 Å². The zero-order valence-corrected chi connectivity index (χ0v) is 21.7. The second-order valence-corrected chi connectivity index (χ2v) is 9.11. The van der Waals surface area contributed by atoms with Gasteiger partial charge in [-0.25, -0.2) is 23.3 Å². The molecule has 0 spiro atoms. The molecule has 3 aromatic heterocycles. The van der Waals surface area contributed by atoms with Crippen molar-refractivity contribution in [3.05, 3.63) is 65.0 Å². The molecule has 1 fully saturated rings. The highest BCUT2D eigenvalue weighted by Crippen LogP contribution is 2.29. The van der Waals surface area contributed by atoms with E-state index in [4.69, 9.17) is 15.6 Å². The molecule has 1 aromatic carbocycles. The third-order valence-electron chi connectivity index (χ3n) is 6.16. The maximum Gasteiger partial charge on any atom is 0.257 e. The number of hydrogen-bond acceptors (Lipinski definition) is 8. The van der Waals surface area contributed by atoms with Gasteiger partial charge in [-0.2, -0.15) is 5.10 Å². The van der Waals surface area contributed by atoms with Crippen LogP contribution < -0.4 is 20.1 Å². The summed E-state index contributed by atoms with van der Waals surface area (Å²) in [5, 5.41) is 9.77. The molecule has 4 aromatic rings. The molecule has 40 heavy (non-hydrogen) atoms. The largest absolute Gasteiger partial charge is 0.484 e. The predicted octanol–water partition coefficient (Wildman–Crippen LogP) is 3.44. The first-order valence-electron chi connectivity index (χ1n) is 13.0. The fraction of sp³-hybridized carbons (Fsp3) is 0.296. The van der Waals surface area contributed by atoms with Gasteiger partial charge in [-0.15, -0.1) is 0 Å². The molecular formula is C27H26F2N6O5. The number of ether oxygens (including phenoxy) is 3. The van der Waals surface area contributed by atoms with E-state index in [1.54, 1.807) is 25.3 Å². The van der Waals surface area contributed by atoms with Crippen molar-refractivity contribution in [1.29, 1.82) is 0 Å². The van der Waals surface area contributed by atoms with Crippen LogP contribution in [0.1, 0.15) is 36.3 Å². The molecule has 0 radical (unpaired) electrons. The number of halogens is 2. The number of amides is 2. The van der Waals surface area contributed by atoms with Gasteiger partial charge in [-0.1, -0.05) is 0 Å². The van der Waals surface area contributed by atoms with E-state index < -0.39 is 24.6 Å². The highest BCUT2D eigenvalue weighted by molar-refractivity contribution is 5.97. The Hall–Kier alpha value is -4.65. The molecular weight excluding hydrogens is 526 g/mol. The number of nitrogens with zero attached hydrogens (tertiary/aromatic N) is 4. The summed E-state index contributed by atoms with van der Waals surface area (Å²) in [5.41, 5.74) is 2.00. The Morgan fingerprint density at radius 3 is 2.85 bits per heavy atom. The van der Waals surface area contributed by atoms with E-state index in [0.29, 0.717) is 41.4 Å². The molecule has 0 aliphatic carbocycles. The Morgan fingerprint density at radius 1 is 1.25 bits per heavy atom. The SMILES string of the molecule is [2H]COc1nc(C)c(-c2ccc3nc(NC(C)=O)cn3n2)cc1C(=O)NCc1cc(F)cc(F)c1O[C@@H]1CCOC1. The smallest absolute Gasteiger partial charge is 0.257 e. The van der Waals surface area contributed by atoms with Crippen molar-refractivity contribution < 1.29 is 34.0 Å². The van der Waals surface area contributed by atoms with E-state index in [1.165, 1.54) is 17.5 Å². The Morgan fingerprint density at radius 2 is 2.10 bits per heavy atom. The molecule has 1 aliphatic heterocycles. The highest BCUT2D eigenvalue weighted by atomic mass is 19.1. The van der Waals surface area contributed by atoms with Crippen molar-refractivity contribution in [3.8, 4) is 22.9 Å². The number of carbonyl (C=O) groups excluding carboxylic acids is 2. The minimum atomic E-state index is -0.888. The zero-order valence-electron chi connectivity index (χ0n) is 22.7. The number of carbonyl (C=O) groups is 2. The molecule has 4 heterocycles. The van der Waals surface area contributed by atoms with Crippen molar-refractivity contribution in [2.24, 2.45) is 0 Å². The van der Waals surface area contributed by atoms with Gasteiger partial charge in [0.05, 0.1) is 39.3 Å². The Balaban J connectivity index is 1.43. The van der Waals surface area contributed by atoms with Gasteiger partial charge in [0.1, 0.15) is 17.5 Å². The lowest BCUT2D eigenvalue weighted by atomic mass is 10.1. The summed E-state index contributed by atoms with van der Waals surface area (Å²) in [6.45, 7) is 3.56. The Kier molecular flexibility index (Phi) is 7.19. The second kappa shape index (κ2) is 11.2. The molecule has 13 heteroatoms. The number of aryl methyl sites for hydroxylation is 1. The molecule has 2 amide bonds. The lowest BCUT2D eigenvalue weighted by Gasteiger charge is -2.17. The van der Waals surface area contributed by atoms with Crippen LogP contribution in [-0.2, 0) is 16.1 Å². The number of methoxy groups -OCH3 is 1. The van der Waals surface area contributed by atoms with Crippen molar-refractivity contribution in [1.82, 2.24) is 24.9 Å². The third-order valence-corrected chi connectivity index (χ3v) is 6.16. The summed E-state index contributed by atoms with van der Waals surface area (Å²) in [5.74, 6) is -2.55. The number of hydrogen-bond donors (Lipinski definition) is 2. The summed E-state index contributed by atoms with van der Waals surface area (Å²) in [6, 6.07) is 6.70. The molecule has 11 nitrogen and oxygen atoms in total. The molecule has 1 aliphatic rings. The van der Waals surface area contributed by atoms with Gasteiger partial charge in [-0.05, 0) is 31.2 Å². The van der Waals surface area contributed by atoms with Crippen molar-refractivity contribution in [2.45, 2.75) is 32.9 Å². The molecule has 0 bridgehead atoms. The first-order valence-corrected chi connectivity index (χ1v) is 12.3. The average Bonchev–Trinajstić information content (AvgIpc) is 3.58. The van der Waals surface area contributed by atoms with Crippen molar-refractivity contribution in [3.63, 3.8) is 0 Å². The maximum absolute atomic E-state index is 14.6. The highest BCUT2D eigenvalue weighted by Gasteiger charge is 2.23. The third kappa shape index (κ3) is 5.69. The summed E-state index contributed by atoms with van der Waals surface area (Å²) >= 11 is 0. The van der Waals surface area contributed by atoms with E-state index in [9.17, 15) is 18.4 Å². The zero-order chi connectivity index (χ0) is 29.1. The van der Waals surface area contributed by atoms with Crippen LogP contribution >= 0.6 is 0 Å². The summed E-state index contributed by atoms with van der Waals surface area (Å²) in [4.78, 5) is 33.4. The van der Waals surface area contributed by atoms with Crippen LogP contribution in [0.15, 0.2) is 36.5 Å². The number of rotatable bonds is 8. The number of aromatic nitrogens is 4. The standard InChI is InChI=1S/C27H26F2N6O5/c1-14-19(22-4-5-24-33-23(32-15(2)36)12-35(24)34-22)10-20(27(31-14)38-3)26(37)30-11-16-8-17(28)9-21(29)25(16)40-18-6-7-39-13-18/h4-5,8-10,12,18H,6-7,11,13H2,1-3H3,(H,30,37)(H,32,36)/t18-/m1/s1/i3D. The molecule has 208 valence electrons. The average molecular weight is 554 g/mol. The summed E-state index contributed by atoms with van der Waals surface area (Å²) in [6.07, 6.45) is 1.71. The lowest BCUT2D eigenvalue weighted by molar-refractivity contribution is -0.114. The van der Waals surface area contributed by atoms with Crippen LogP contribution in [-0.4, -0.2) is 57.8 Å². The Bertz CT molecular complexity index is 1630. The normalized spacial score (nSPS) is 15.1. The molecule has 2 N–H and O–H groups in total. The topological polar surface area (TPSA) is 129 Å². The van der Waals surface area contributed by atoms with E-state index in [1.807, 2.05) is 0 Å². The summed E-state index contributed by atoms with van der Waals surface area (Å²) < 4.78 is 53.9. The number of nitrogens with one attached hydrogen (secondary N) is 2. The van der Waals surface area contributed by atoms with Gasteiger partial charge in [0, 0.05) is 37.1 Å². The van der Waals surface area contributed by atoms with Crippen LogP contribution in [0.3, 0.4) is 0 Å². The number of pyridine rings is 1. The van der Waals surface area contributed by atoms with E-state index >= 15 is 0 Å². The van der Waals surface area contributed by atoms with Crippen molar-refractivity contribution >= 4 is 23.3 Å². The molecule has 5 rings (SSSR count). The van der Waals surface area contributed by atoms with Gasteiger partial charge in [-0.3, -0.25) is 9.59 Å². The van der Waals surface area contributed by atoms with Crippen LogP contribution in [0.2, 0.25) is 0 Å². The first kappa shape index (κ1) is 25.6. The van der Waals surface area contributed by atoms with Crippen LogP contribution in [0, 0.1) is 18.6 Å². The quantitative estimate of drug-likeness (QED) is 0.340. The number of anilines is 1. The molecule has 1 saturated heterocycles. The van der Waals surface area contributed by atoms with Crippen LogP contribution in [0.4, 0.5) is 14.6 Å². The minimum absolute atomic E-state index is 0.00662. The van der Waals surface area contributed by atoms with Gasteiger partial charge >= 0.3 is 0 Å². The van der Waals surface area contributed by atoms with E-state index in [-0.39, 0.29) is 47.9 Å². The van der Waals surface area contributed by atoms with E-state index in [0.717, 1.165) is 12.1 Å².